The highest BCUT2D eigenvalue weighted by Crippen LogP contribution is 2.35. The van der Waals surface area contributed by atoms with Crippen LogP contribution in [-0.4, -0.2) is 48.6 Å². The highest BCUT2D eigenvalue weighted by Gasteiger charge is 2.27. The van der Waals surface area contributed by atoms with Crippen molar-refractivity contribution < 1.29 is 4.79 Å². The maximum atomic E-state index is 12.9. The van der Waals surface area contributed by atoms with E-state index < -0.39 is 6.04 Å². The van der Waals surface area contributed by atoms with Crippen molar-refractivity contribution in [3.63, 3.8) is 0 Å². The van der Waals surface area contributed by atoms with E-state index in [0.29, 0.717) is 11.5 Å². The van der Waals surface area contributed by atoms with Gasteiger partial charge in [-0.15, -0.1) is 5.10 Å². The number of carbonyl (C=O) groups excluding carboxylic acids is 1. The van der Waals surface area contributed by atoms with Gasteiger partial charge in [-0.3, -0.25) is 14.6 Å². The molecule has 0 radical (unpaired) electrons. The first-order valence-corrected chi connectivity index (χ1v) is 11.5. The summed E-state index contributed by atoms with van der Waals surface area (Å²) in [5.41, 5.74) is 4.23. The molecule has 2 aliphatic rings. The molecule has 5 rings (SSSR count). The van der Waals surface area contributed by atoms with Crippen molar-refractivity contribution in [2.24, 2.45) is 4.99 Å². The number of hydrogen-bond acceptors (Lipinski definition) is 7. The molecule has 0 fully saturated rings. The lowest BCUT2D eigenvalue weighted by atomic mass is 10.1. The molecule has 1 N–H and O–H groups in total. The van der Waals surface area contributed by atoms with Crippen molar-refractivity contribution in [2.45, 2.75) is 26.8 Å². The number of amidine groups is 1. The normalized spacial score (nSPS) is 15.8. The van der Waals surface area contributed by atoms with E-state index in [4.69, 9.17) is 0 Å². The summed E-state index contributed by atoms with van der Waals surface area (Å²) in [7, 11) is 0. The van der Waals surface area contributed by atoms with Crippen molar-refractivity contribution in [2.75, 3.05) is 18.4 Å². The van der Waals surface area contributed by atoms with Gasteiger partial charge in [-0.05, 0) is 50.6 Å². The Kier molecular flexibility index (Phi) is 5.37. The van der Waals surface area contributed by atoms with E-state index in [1.54, 1.807) is 29.4 Å². The topological polar surface area (TPSA) is 97.4 Å². The summed E-state index contributed by atoms with van der Waals surface area (Å²) in [4.78, 5) is 32.0. The summed E-state index contributed by atoms with van der Waals surface area (Å²) in [6.45, 7) is 7.16. The number of nitrogens with one attached hydrogen (secondary N) is 1. The molecule has 10 heteroatoms. The SMILES string of the molecule is Cc1cc(C)n(-c2ccc(=O)n(C(C)C(=O)Nc3ccc(C4=CSC5=NCCN45)cc3)n2)n1. The summed E-state index contributed by atoms with van der Waals surface area (Å²) in [6.07, 6.45) is 0. The third-order valence-corrected chi connectivity index (χ3v) is 6.50. The van der Waals surface area contributed by atoms with Crippen LogP contribution in [0.15, 0.2) is 57.7 Å². The standard InChI is InChI=1S/C23H23N7O2S/c1-14-12-15(2)29(26-14)20-8-9-21(31)30(27-20)16(3)22(32)25-18-6-4-17(5-7-18)19-13-33-23-24-10-11-28(19)23/h4-9,12-13,16H,10-11H2,1-3H3,(H,25,32). The Morgan fingerprint density at radius 2 is 1.91 bits per heavy atom. The molecule has 1 aromatic carbocycles. The van der Waals surface area contributed by atoms with Gasteiger partial charge >= 0.3 is 0 Å². The molecule has 1 amide bonds. The molecule has 168 valence electrons. The summed E-state index contributed by atoms with van der Waals surface area (Å²) in [5.74, 6) is 0.157. The summed E-state index contributed by atoms with van der Waals surface area (Å²) in [5, 5.41) is 14.8. The highest BCUT2D eigenvalue weighted by atomic mass is 32.2. The molecule has 2 aliphatic heterocycles. The number of rotatable bonds is 5. The first kappa shape index (κ1) is 21.2. The van der Waals surface area contributed by atoms with Crippen LogP contribution >= 0.6 is 11.8 Å². The Hall–Kier alpha value is -3.66. The van der Waals surface area contributed by atoms with Gasteiger partial charge in [0.2, 0.25) is 5.91 Å². The van der Waals surface area contributed by atoms with Crippen molar-refractivity contribution in [1.29, 1.82) is 0 Å². The molecule has 0 saturated carbocycles. The smallest absolute Gasteiger partial charge is 0.267 e. The fraction of sp³-hybridized carbons (Fsp3) is 0.261. The molecule has 1 unspecified atom stereocenters. The van der Waals surface area contributed by atoms with Gasteiger partial charge in [0.05, 0.1) is 17.9 Å². The van der Waals surface area contributed by atoms with E-state index in [1.807, 2.05) is 44.2 Å². The third-order valence-electron chi connectivity index (χ3n) is 5.60. The summed E-state index contributed by atoms with van der Waals surface area (Å²) < 4.78 is 2.84. The van der Waals surface area contributed by atoms with Crippen molar-refractivity contribution in [3.05, 3.63) is 75.2 Å². The van der Waals surface area contributed by atoms with Gasteiger partial charge < -0.3 is 10.2 Å². The van der Waals surface area contributed by atoms with Crippen LogP contribution in [0.2, 0.25) is 0 Å². The molecule has 4 heterocycles. The van der Waals surface area contributed by atoms with E-state index >= 15 is 0 Å². The van der Waals surface area contributed by atoms with E-state index in [9.17, 15) is 9.59 Å². The zero-order chi connectivity index (χ0) is 23.1. The maximum Gasteiger partial charge on any atom is 0.267 e. The monoisotopic (exact) mass is 461 g/mol. The molecule has 9 nitrogen and oxygen atoms in total. The maximum absolute atomic E-state index is 12.9. The van der Waals surface area contributed by atoms with E-state index in [1.165, 1.54) is 10.7 Å². The number of aliphatic imine (C=N–C) groups is 1. The van der Waals surface area contributed by atoms with Gasteiger partial charge in [0.15, 0.2) is 11.0 Å². The Morgan fingerprint density at radius 3 is 2.64 bits per heavy atom. The molecular weight excluding hydrogens is 438 g/mol. The molecule has 2 aromatic heterocycles. The van der Waals surface area contributed by atoms with Gasteiger partial charge in [0, 0.05) is 29.4 Å². The predicted octanol–water partition coefficient (Wildman–Crippen LogP) is 2.96. The van der Waals surface area contributed by atoms with Gasteiger partial charge in [0.25, 0.3) is 5.56 Å². The summed E-state index contributed by atoms with van der Waals surface area (Å²) in [6, 6.07) is 11.8. The highest BCUT2D eigenvalue weighted by molar-refractivity contribution is 8.16. The molecule has 0 spiro atoms. The molecule has 0 saturated heterocycles. The van der Waals surface area contributed by atoms with Crippen LogP contribution < -0.4 is 10.9 Å². The first-order valence-electron chi connectivity index (χ1n) is 10.6. The van der Waals surface area contributed by atoms with Gasteiger partial charge in [-0.25, -0.2) is 9.36 Å². The largest absolute Gasteiger partial charge is 0.324 e. The molecule has 33 heavy (non-hydrogen) atoms. The number of amides is 1. The van der Waals surface area contributed by atoms with Crippen LogP contribution in [0.3, 0.4) is 0 Å². The van der Waals surface area contributed by atoms with Gasteiger partial charge in [-0.1, -0.05) is 23.9 Å². The van der Waals surface area contributed by atoms with Crippen molar-refractivity contribution >= 4 is 34.2 Å². The number of anilines is 1. The Labute approximate surface area is 194 Å². The van der Waals surface area contributed by atoms with Crippen LogP contribution in [0.1, 0.15) is 29.9 Å². The lowest BCUT2D eigenvalue weighted by Crippen LogP contribution is -2.33. The third kappa shape index (κ3) is 3.97. The first-order chi connectivity index (χ1) is 15.9. The second kappa shape index (κ2) is 8.36. The minimum absolute atomic E-state index is 0.326. The van der Waals surface area contributed by atoms with Gasteiger partial charge in [0.1, 0.15) is 6.04 Å². The summed E-state index contributed by atoms with van der Waals surface area (Å²) >= 11 is 1.63. The number of aromatic nitrogens is 4. The number of benzene rings is 1. The van der Waals surface area contributed by atoms with Crippen molar-refractivity contribution in [1.82, 2.24) is 24.5 Å². The van der Waals surface area contributed by atoms with Crippen LogP contribution in [0.4, 0.5) is 5.69 Å². The minimum Gasteiger partial charge on any atom is -0.324 e. The second-order valence-corrected chi connectivity index (χ2v) is 8.83. The Bertz CT molecular complexity index is 1350. The average Bonchev–Trinajstić information content (AvgIpc) is 3.50. The van der Waals surface area contributed by atoms with E-state index in [0.717, 1.165) is 40.9 Å². The average molecular weight is 462 g/mol. The van der Waals surface area contributed by atoms with Crippen LogP contribution in [0.25, 0.3) is 11.5 Å². The molecule has 0 aliphatic carbocycles. The number of hydrogen-bond donors (Lipinski definition) is 1. The van der Waals surface area contributed by atoms with E-state index in [2.05, 4.69) is 30.8 Å². The Morgan fingerprint density at radius 1 is 1.12 bits per heavy atom. The predicted molar refractivity (Wildman–Crippen MR) is 129 cm³/mol. The van der Waals surface area contributed by atoms with Crippen molar-refractivity contribution in [3.8, 4) is 5.82 Å². The number of carbonyl (C=O) groups is 1. The number of nitrogens with zero attached hydrogens (tertiary/aromatic N) is 6. The van der Waals surface area contributed by atoms with Crippen LogP contribution in [-0.2, 0) is 4.79 Å². The quantitative estimate of drug-likeness (QED) is 0.627. The molecular formula is C23H23N7O2S. The zero-order valence-electron chi connectivity index (χ0n) is 18.5. The van der Waals surface area contributed by atoms with E-state index in [-0.39, 0.29) is 11.5 Å². The number of aryl methyl sites for hydroxylation is 2. The van der Waals surface area contributed by atoms with Gasteiger partial charge in [-0.2, -0.15) is 5.10 Å². The van der Waals surface area contributed by atoms with Crippen LogP contribution in [0, 0.1) is 13.8 Å². The zero-order valence-corrected chi connectivity index (χ0v) is 19.3. The molecule has 0 bridgehead atoms. The fourth-order valence-corrected chi connectivity index (χ4v) is 4.86. The Balaban J connectivity index is 1.32. The second-order valence-electron chi connectivity index (χ2n) is 7.99. The lowest BCUT2D eigenvalue weighted by Gasteiger charge is -2.17. The fourth-order valence-electron chi connectivity index (χ4n) is 3.90. The molecule has 3 aromatic rings. The molecule has 1 atom stereocenters. The van der Waals surface area contributed by atoms with Crippen LogP contribution in [0.5, 0.6) is 0 Å². The number of thioether (sulfide) groups is 1. The lowest BCUT2D eigenvalue weighted by molar-refractivity contribution is -0.119. The minimum atomic E-state index is -0.800. The number of fused-ring (bicyclic) bond motifs is 1.